The van der Waals surface area contributed by atoms with Gasteiger partial charge in [-0.1, -0.05) is 58.9 Å². The van der Waals surface area contributed by atoms with Gasteiger partial charge >= 0.3 is 0 Å². The molecule has 2 nitrogen and oxygen atoms in total. The molecule has 0 fully saturated rings. The van der Waals surface area contributed by atoms with Crippen LogP contribution in [0.3, 0.4) is 0 Å². The van der Waals surface area contributed by atoms with E-state index in [9.17, 15) is 4.79 Å². The highest BCUT2D eigenvalue weighted by Crippen LogP contribution is 2.24. The van der Waals surface area contributed by atoms with Crippen LogP contribution in [0.25, 0.3) is 0 Å². The third-order valence-corrected chi connectivity index (χ3v) is 3.01. The van der Waals surface area contributed by atoms with Gasteiger partial charge in [-0.25, -0.2) is 0 Å². The second kappa shape index (κ2) is 5.01. The highest BCUT2D eigenvalue weighted by molar-refractivity contribution is 5.86. The van der Waals surface area contributed by atoms with Gasteiger partial charge in [0, 0.05) is 5.92 Å². The first-order valence-electron chi connectivity index (χ1n) is 6.13. The molecule has 94 valence electrons. The molecule has 0 radical (unpaired) electrons. The Kier molecular flexibility index (Phi) is 4.10. The van der Waals surface area contributed by atoms with Crippen LogP contribution in [0, 0.1) is 5.92 Å². The first kappa shape index (κ1) is 13.9. The lowest BCUT2D eigenvalue weighted by Gasteiger charge is -2.20. The lowest BCUT2D eigenvalue weighted by atomic mass is 9.85. The molecular weight excluding hydrogens is 210 g/mol. The highest BCUT2D eigenvalue weighted by atomic mass is 16.1. The minimum Gasteiger partial charge on any atom is -0.318 e. The van der Waals surface area contributed by atoms with Crippen molar-refractivity contribution in [2.45, 2.75) is 46.1 Å². The number of nitrogens with two attached hydrogens (primary N) is 1. The molecule has 0 saturated heterocycles. The Labute approximate surface area is 104 Å². The summed E-state index contributed by atoms with van der Waals surface area (Å²) in [7, 11) is 0. The Morgan fingerprint density at radius 3 is 1.94 bits per heavy atom. The summed E-state index contributed by atoms with van der Waals surface area (Å²) in [5, 5.41) is 0. The number of hydrogen-bond donors (Lipinski definition) is 1. The second-order valence-corrected chi connectivity index (χ2v) is 5.91. The molecule has 0 aliphatic rings. The average Bonchev–Trinajstić information content (AvgIpc) is 2.26. The van der Waals surface area contributed by atoms with Gasteiger partial charge in [-0.15, -0.1) is 0 Å². The third kappa shape index (κ3) is 3.40. The monoisotopic (exact) mass is 233 g/mol. The van der Waals surface area contributed by atoms with E-state index in [0.717, 1.165) is 5.56 Å². The van der Waals surface area contributed by atoms with Crippen molar-refractivity contribution in [1.82, 2.24) is 0 Å². The zero-order valence-corrected chi connectivity index (χ0v) is 11.4. The highest BCUT2D eigenvalue weighted by Gasteiger charge is 2.19. The molecule has 0 saturated carbocycles. The summed E-state index contributed by atoms with van der Waals surface area (Å²) < 4.78 is 0. The molecule has 1 unspecified atom stereocenters. The second-order valence-electron chi connectivity index (χ2n) is 5.91. The van der Waals surface area contributed by atoms with Crippen molar-refractivity contribution in [1.29, 1.82) is 0 Å². The SMILES string of the molecule is CC(C)C(=O)C(N)c1ccc(C(C)(C)C)cc1. The fraction of sp³-hybridized carbons (Fsp3) is 0.533. The van der Waals surface area contributed by atoms with E-state index in [1.54, 1.807) is 0 Å². The smallest absolute Gasteiger partial charge is 0.156 e. The molecule has 0 aromatic heterocycles. The first-order chi connectivity index (χ1) is 7.73. The van der Waals surface area contributed by atoms with E-state index in [-0.39, 0.29) is 17.1 Å². The molecule has 0 aliphatic heterocycles. The number of hydrogen-bond acceptors (Lipinski definition) is 2. The molecule has 2 heteroatoms. The molecule has 1 rings (SSSR count). The van der Waals surface area contributed by atoms with Crippen molar-refractivity contribution in [3.05, 3.63) is 35.4 Å². The molecule has 0 aliphatic carbocycles. The van der Waals surface area contributed by atoms with Crippen LogP contribution in [0.4, 0.5) is 0 Å². The van der Waals surface area contributed by atoms with Gasteiger partial charge < -0.3 is 5.73 Å². The molecule has 2 N–H and O–H groups in total. The van der Waals surface area contributed by atoms with Gasteiger partial charge in [0.2, 0.25) is 0 Å². The van der Waals surface area contributed by atoms with Gasteiger partial charge in [-0.3, -0.25) is 4.79 Å². The van der Waals surface area contributed by atoms with Crippen LogP contribution >= 0.6 is 0 Å². The number of ketones is 1. The fourth-order valence-corrected chi connectivity index (χ4v) is 1.71. The maximum Gasteiger partial charge on any atom is 0.156 e. The summed E-state index contributed by atoms with van der Waals surface area (Å²) in [5.74, 6) is 0.0702. The lowest BCUT2D eigenvalue weighted by Crippen LogP contribution is -2.25. The van der Waals surface area contributed by atoms with Crippen molar-refractivity contribution in [2.75, 3.05) is 0 Å². The first-order valence-corrected chi connectivity index (χ1v) is 6.13. The van der Waals surface area contributed by atoms with Crippen LogP contribution in [0.2, 0.25) is 0 Å². The van der Waals surface area contributed by atoms with Crippen molar-refractivity contribution < 1.29 is 4.79 Å². The van der Waals surface area contributed by atoms with Crippen LogP contribution in [0.5, 0.6) is 0 Å². The molecule has 1 atom stereocenters. The Hall–Kier alpha value is -1.15. The summed E-state index contributed by atoms with van der Waals surface area (Å²) in [5.41, 5.74) is 8.23. The normalized spacial score (nSPS) is 13.8. The summed E-state index contributed by atoms with van der Waals surface area (Å²) >= 11 is 0. The van der Waals surface area contributed by atoms with E-state index < -0.39 is 6.04 Å². The molecule has 0 bridgehead atoms. The average molecular weight is 233 g/mol. The van der Waals surface area contributed by atoms with E-state index in [1.807, 2.05) is 26.0 Å². The van der Waals surface area contributed by atoms with Gasteiger partial charge in [-0.05, 0) is 16.5 Å². The third-order valence-electron chi connectivity index (χ3n) is 3.01. The maximum absolute atomic E-state index is 11.8. The summed E-state index contributed by atoms with van der Waals surface area (Å²) in [6.45, 7) is 10.3. The predicted octanol–water partition coefficient (Wildman–Crippen LogP) is 3.21. The van der Waals surface area contributed by atoms with E-state index >= 15 is 0 Å². The van der Waals surface area contributed by atoms with Gasteiger partial charge in [0.05, 0.1) is 6.04 Å². The van der Waals surface area contributed by atoms with Gasteiger partial charge in [0.1, 0.15) is 0 Å². The molecule has 0 spiro atoms. The van der Waals surface area contributed by atoms with Crippen LogP contribution in [-0.2, 0) is 10.2 Å². The van der Waals surface area contributed by atoms with Crippen LogP contribution < -0.4 is 5.73 Å². The summed E-state index contributed by atoms with van der Waals surface area (Å²) in [6.07, 6.45) is 0. The van der Waals surface area contributed by atoms with E-state index in [4.69, 9.17) is 5.73 Å². The Balaban J connectivity index is 2.92. The molecule has 0 heterocycles. The van der Waals surface area contributed by atoms with Crippen LogP contribution in [0.15, 0.2) is 24.3 Å². The van der Waals surface area contributed by atoms with E-state index in [0.29, 0.717) is 0 Å². The quantitative estimate of drug-likeness (QED) is 0.871. The van der Waals surface area contributed by atoms with Crippen molar-refractivity contribution in [2.24, 2.45) is 11.7 Å². The van der Waals surface area contributed by atoms with E-state index in [1.165, 1.54) is 5.56 Å². The Morgan fingerprint density at radius 1 is 1.12 bits per heavy atom. The Morgan fingerprint density at radius 2 is 1.59 bits per heavy atom. The molecule has 1 aromatic rings. The Bertz CT molecular complexity index is 384. The standard InChI is InChI=1S/C15H23NO/c1-10(2)14(17)13(16)11-6-8-12(9-7-11)15(3,4)5/h6-10,13H,16H2,1-5H3. The minimum absolute atomic E-state index is 0.0210. The number of carbonyl (C=O) groups is 1. The van der Waals surface area contributed by atoms with Gasteiger partial charge in [-0.2, -0.15) is 0 Å². The molecular formula is C15H23NO. The van der Waals surface area contributed by atoms with Crippen LogP contribution in [-0.4, -0.2) is 5.78 Å². The number of carbonyl (C=O) groups excluding carboxylic acids is 1. The van der Waals surface area contributed by atoms with Crippen LogP contribution in [0.1, 0.15) is 51.8 Å². The zero-order chi connectivity index (χ0) is 13.2. The predicted molar refractivity (Wildman–Crippen MR) is 71.9 cm³/mol. The summed E-state index contributed by atoms with van der Waals surface area (Å²) in [6, 6.07) is 7.55. The topological polar surface area (TPSA) is 43.1 Å². The lowest BCUT2D eigenvalue weighted by molar-refractivity contribution is -0.123. The zero-order valence-electron chi connectivity index (χ0n) is 11.4. The van der Waals surface area contributed by atoms with Crippen molar-refractivity contribution in [3.8, 4) is 0 Å². The van der Waals surface area contributed by atoms with Crippen molar-refractivity contribution in [3.63, 3.8) is 0 Å². The number of Topliss-reactive ketones (excluding diaryl/α,β-unsaturated/α-hetero) is 1. The molecule has 0 amide bonds. The maximum atomic E-state index is 11.8. The molecule has 17 heavy (non-hydrogen) atoms. The largest absolute Gasteiger partial charge is 0.318 e. The van der Waals surface area contributed by atoms with Crippen molar-refractivity contribution >= 4 is 5.78 Å². The minimum atomic E-state index is -0.496. The van der Waals surface area contributed by atoms with Gasteiger partial charge in [0.25, 0.3) is 0 Å². The molecule has 1 aromatic carbocycles. The summed E-state index contributed by atoms with van der Waals surface area (Å²) in [4.78, 5) is 11.8. The van der Waals surface area contributed by atoms with Gasteiger partial charge in [0.15, 0.2) is 5.78 Å². The fourth-order valence-electron chi connectivity index (χ4n) is 1.71. The number of benzene rings is 1. The number of rotatable bonds is 3. The van der Waals surface area contributed by atoms with E-state index in [2.05, 4.69) is 32.9 Å².